The van der Waals surface area contributed by atoms with Gasteiger partial charge in [-0.1, -0.05) is 18.0 Å². The van der Waals surface area contributed by atoms with Gasteiger partial charge in [0.15, 0.2) is 0 Å². The van der Waals surface area contributed by atoms with Crippen LogP contribution < -0.4 is 0 Å². The van der Waals surface area contributed by atoms with E-state index < -0.39 is 7.72 Å². The van der Waals surface area contributed by atoms with Crippen molar-refractivity contribution in [1.29, 1.82) is 0 Å². The Morgan fingerprint density at radius 3 is 2.50 bits per heavy atom. The summed E-state index contributed by atoms with van der Waals surface area (Å²) in [5.74, 6) is 0. The van der Waals surface area contributed by atoms with Crippen LogP contribution in [0.15, 0.2) is 0 Å². The lowest BCUT2D eigenvalue weighted by atomic mass is 10.3. The van der Waals surface area contributed by atoms with Crippen LogP contribution in [0.25, 0.3) is 0 Å². The zero-order chi connectivity index (χ0) is 5.98. The molecule has 0 aromatic heterocycles. The molecule has 0 aromatic rings. The highest BCUT2D eigenvalue weighted by Gasteiger charge is 2.08. The highest BCUT2D eigenvalue weighted by Crippen LogP contribution is 2.14. The first kappa shape index (κ1) is 6.78. The smallest absolute Gasteiger partial charge is 0.138 e. The van der Waals surface area contributed by atoms with E-state index >= 15 is 0 Å². The van der Waals surface area contributed by atoms with E-state index in [1.807, 2.05) is 0 Å². The average molecular weight is 167 g/mol. The highest BCUT2D eigenvalue weighted by molar-refractivity contribution is 7.17. The van der Waals surface area contributed by atoms with Crippen molar-refractivity contribution in [1.82, 2.24) is 0 Å². The summed E-state index contributed by atoms with van der Waals surface area (Å²) < 4.78 is 1.06. The van der Waals surface area contributed by atoms with Crippen LogP contribution in [0.2, 0.25) is 6.04 Å². The maximum atomic E-state index is 5.90. The molecule has 1 rings (SSSR count). The van der Waals surface area contributed by atoms with Crippen LogP contribution >= 0.6 is 22.7 Å². The predicted molar refractivity (Wildman–Crippen MR) is 41.1 cm³/mol. The van der Waals surface area contributed by atoms with Gasteiger partial charge in [-0.25, -0.2) is 0 Å². The summed E-state index contributed by atoms with van der Waals surface area (Å²) in [5, 5.41) is 0. The Hall–Kier alpha value is 0.667. The topological polar surface area (TPSA) is 0 Å². The molecular formula is C5H8Cl2Si. The molecule has 1 aliphatic heterocycles. The van der Waals surface area contributed by atoms with Gasteiger partial charge in [-0.15, -0.1) is 11.1 Å². The van der Waals surface area contributed by atoms with E-state index in [2.05, 4.69) is 0 Å². The molecule has 0 aliphatic carbocycles. The molecular weight excluding hydrogens is 159 g/mol. The van der Waals surface area contributed by atoms with E-state index in [4.69, 9.17) is 22.7 Å². The van der Waals surface area contributed by atoms with E-state index in [-0.39, 0.29) is 0 Å². The molecule has 8 heavy (non-hydrogen) atoms. The van der Waals surface area contributed by atoms with Gasteiger partial charge in [-0.05, 0) is 18.9 Å². The maximum Gasteiger partial charge on any atom is 0.140 e. The molecule has 0 fully saturated rings. The van der Waals surface area contributed by atoms with Crippen LogP contribution in [-0.2, 0) is 0 Å². The molecule has 0 spiro atoms. The standard InChI is InChI=1S/C5H8Cl2Si/c6-5-3-1-2-4-8(5)7/h1-4H2. The fourth-order valence-corrected chi connectivity index (χ4v) is 3.21. The quantitative estimate of drug-likeness (QED) is 0.383. The Kier molecular flexibility index (Phi) is 2.54. The normalized spacial score (nSPS) is 21.8. The molecule has 0 radical (unpaired) electrons. The second kappa shape index (κ2) is 2.99. The van der Waals surface area contributed by atoms with Crippen LogP contribution in [0.3, 0.4) is 0 Å². The number of hydrogen-bond donors (Lipinski definition) is 0. The summed E-state index contributed by atoms with van der Waals surface area (Å²) in [6.45, 7) is 0. The summed E-state index contributed by atoms with van der Waals surface area (Å²) >= 11 is 11.7. The third kappa shape index (κ3) is 1.57. The first-order valence-electron chi connectivity index (χ1n) is 2.84. The zero-order valence-corrected chi connectivity index (χ0v) is 7.10. The minimum Gasteiger partial charge on any atom is -0.138 e. The zero-order valence-electron chi connectivity index (χ0n) is 4.58. The molecule has 0 nitrogen and oxygen atoms in total. The third-order valence-corrected chi connectivity index (χ3v) is 5.38. The Labute approximate surface area is 60.7 Å². The molecule has 0 N–H and O–H groups in total. The van der Waals surface area contributed by atoms with E-state index in [9.17, 15) is 0 Å². The van der Waals surface area contributed by atoms with Gasteiger partial charge in [-0.3, -0.25) is 0 Å². The number of hydrogen-bond acceptors (Lipinski definition) is 0. The van der Waals surface area contributed by atoms with Crippen molar-refractivity contribution in [2.45, 2.75) is 25.3 Å². The minimum absolute atomic E-state index is 0.716. The van der Waals surface area contributed by atoms with Crippen LogP contribution in [0.1, 0.15) is 19.3 Å². The minimum atomic E-state index is -0.716. The Balaban J connectivity index is 2.60. The molecule has 3 heteroatoms. The Bertz CT molecular complexity index is 106. The number of halogens is 2. The fraction of sp³-hybridized carbons (Fsp3) is 0.800. The first-order chi connectivity index (χ1) is 3.80. The van der Waals surface area contributed by atoms with Gasteiger partial charge in [0.25, 0.3) is 0 Å². The van der Waals surface area contributed by atoms with Crippen molar-refractivity contribution >= 4 is 35.0 Å². The second-order valence-electron chi connectivity index (χ2n) is 2.02. The lowest BCUT2D eigenvalue weighted by molar-refractivity contribution is 0.829. The van der Waals surface area contributed by atoms with Gasteiger partial charge in [0.05, 0.1) is 0 Å². The van der Waals surface area contributed by atoms with Crippen molar-refractivity contribution < 1.29 is 0 Å². The summed E-state index contributed by atoms with van der Waals surface area (Å²) in [7, 11) is -0.716. The molecule has 1 aliphatic rings. The molecule has 0 saturated carbocycles. The van der Waals surface area contributed by atoms with Crippen LogP contribution in [-0.4, -0.2) is 12.3 Å². The van der Waals surface area contributed by atoms with E-state index in [0.29, 0.717) is 0 Å². The SMILES string of the molecule is ClC1=[Si](Cl)CCCC1. The third-order valence-electron chi connectivity index (χ3n) is 1.34. The largest absolute Gasteiger partial charge is 0.140 e. The predicted octanol–water partition coefficient (Wildman–Crippen LogP) is 2.35. The van der Waals surface area contributed by atoms with Gasteiger partial charge in [0, 0.05) is 4.63 Å². The van der Waals surface area contributed by atoms with Crippen molar-refractivity contribution in [2.75, 3.05) is 0 Å². The summed E-state index contributed by atoms with van der Waals surface area (Å²) in [6.07, 6.45) is 3.60. The molecule has 0 saturated heterocycles. The molecule has 46 valence electrons. The molecule has 0 amide bonds. The van der Waals surface area contributed by atoms with Crippen molar-refractivity contribution in [2.24, 2.45) is 0 Å². The maximum absolute atomic E-state index is 5.90. The van der Waals surface area contributed by atoms with Crippen LogP contribution in [0.4, 0.5) is 0 Å². The second-order valence-corrected chi connectivity index (χ2v) is 6.07. The lowest BCUT2D eigenvalue weighted by Crippen LogP contribution is -2.09. The Morgan fingerprint density at radius 1 is 1.38 bits per heavy atom. The monoisotopic (exact) mass is 166 g/mol. The van der Waals surface area contributed by atoms with E-state index in [1.54, 1.807) is 0 Å². The highest BCUT2D eigenvalue weighted by atomic mass is 35.6. The molecule has 0 bridgehead atoms. The molecule has 0 atom stereocenters. The van der Waals surface area contributed by atoms with Gasteiger partial charge in [0.1, 0.15) is 7.72 Å². The first-order valence-corrected chi connectivity index (χ1v) is 5.93. The van der Waals surface area contributed by atoms with Gasteiger partial charge < -0.3 is 0 Å². The molecule has 1 heterocycles. The lowest BCUT2D eigenvalue weighted by Gasteiger charge is -2.07. The van der Waals surface area contributed by atoms with Crippen molar-refractivity contribution in [3.05, 3.63) is 0 Å². The van der Waals surface area contributed by atoms with E-state index in [1.165, 1.54) is 18.9 Å². The fourth-order valence-electron chi connectivity index (χ4n) is 0.832. The summed E-state index contributed by atoms with van der Waals surface area (Å²) in [6, 6.07) is 1.17. The summed E-state index contributed by atoms with van der Waals surface area (Å²) in [4.78, 5) is 0. The number of rotatable bonds is 0. The van der Waals surface area contributed by atoms with Gasteiger partial charge >= 0.3 is 0 Å². The van der Waals surface area contributed by atoms with Crippen LogP contribution in [0.5, 0.6) is 0 Å². The molecule has 0 aromatic carbocycles. The average Bonchev–Trinajstić information content (AvgIpc) is 1.77. The van der Waals surface area contributed by atoms with Crippen LogP contribution in [0, 0.1) is 0 Å². The summed E-state index contributed by atoms with van der Waals surface area (Å²) in [5.41, 5.74) is 0. The van der Waals surface area contributed by atoms with E-state index in [0.717, 1.165) is 11.0 Å². The Morgan fingerprint density at radius 2 is 2.12 bits per heavy atom. The van der Waals surface area contributed by atoms with Gasteiger partial charge in [0.2, 0.25) is 0 Å². The van der Waals surface area contributed by atoms with Crippen molar-refractivity contribution in [3.8, 4) is 0 Å². The molecule has 0 unspecified atom stereocenters. The van der Waals surface area contributed by atoms with Crippen molar-refractivity contribution in [3.63, 3.8) is 0 Å². The van der Waals surface area contributed by atoms with Gasteiger partial charge in [-0.2, -0.15) is 0 Å².